The van der Waals surface area contributed by atoms with Gasteiger partial charge in [0.05, 0.1) is 30.8 Å². The van der Waals surface area contributed by atoms with Crippen molar-refractivity contribution in [3.63, 3.8) is 0 Å². The molecule has 0 aromatic heterocycles. The largest absolute Gasteiger partial charge is 0.481 e. The SMILES string of the molecule is CCCCCC(CC(O)CO)(CC(O)CO)C(=O)O. The fraction of sp³-hybridized carbons (Fsp3) is 0.923. The minimum Gasteiger partial charge on any atom is -0.481 e. The first-order chi connectivity index (χ1) is 8.91. The molecule has 0 aliphatic heterocycles. The third-order valence-electron chi connectivity index (χ3n) is 3.39. The Labute approximate surface area is 113 Å². The Kier molecular flexibility index (Phi) is 8.92. The third kappa shape index (κ3) is 6.33. The van der Waals surface area contributed by atoms with Gasteiger partial charge in [0.1, 0.15) is 0 Å². The van der Waals surface area contributed by atoms with Gasteiger partial charge in [-0.25, -0.2) is 0 Å². The summed E-state index contributed by atoms with van der Waals surface area (Å²) in [6.45, 7) is 0.962. The summed E-state index contributed by atoms with van der Waals surface area (Å²) >= 11 is 0. The predicted octanol–water partition coefficient (Wildman–Crippen LogP) is 0.124. The Hall–Kier alpha value is -0.690. The molecule has 0 bridgehead atoms. The van der Waals surface area contributed by atoms with E-state index < -0.39 is 36.8 Å². The van der Waals surface area contributed by atoms with Crippen LogP contribution in [0.4, 0.5) is 0 Å². The van der Waals surface area contributed by atoms with E-state index in [0.717, 1.165) is 12.8 Å². The summed E-state index contributed by atoms with van der Waals surface area (Å²) in [4.78, 5) is 11.5. The van der Waals surface area contributed by atoms with Crippen LogP contribution >= 0.6 is 0 Å². The van der Waals surface area contributed by atoms with E-state index in [-0.39, 0.29) is 12.8 Å². The number of carboxylic acids is 1. The first-order valence-corrected chi connectivity index (χ1v) is 6.73. The van der Waals surface area contributed by atoms with Gasteiger partial charge in [0, 0.05) is 0 Å². The fourth-order valence-electron chi connectivity index (χ4n) is 2.31. The summed E-state index contributed by atoms with van der Waals surface area (Å²) in [6, 6.07) is 0. The molecule has 0 aromatic carbocycles. The normalized spacial score (nSPS) is 17.7. The van der Waals surface area contributed by atoms with Crippen molar-refractivity contribution in [1.29, 1.82) is 0 Å². The maximum Gasteiger partial charge on any atom is 0.309 e. The molecular weight excluding hydrogens is 252 g/mol. The lowest BCUT2D eigenvalue weighted by Crippen LogP contribution is -2.39. The predicted molar refractivity (Wildman–Crippen MR) is 69.6 cm³/mol. The van der Waals surface area contributed by atoms with E-state index in [1.165, 1.54) is 0 Å². The molecule has 2 atom stereocenters. The highest BCUT2D eigenvalue weighted by Crippen LogP contribution is 2.36. The monoisotopic (exact) mass is 278 g/mol. The maximum absolute atomic E-state index is 11.5. The molecule has 0 spiro atoms. The van der Waals surface area contributed by atoms with Crippen molar-refractivity contribution < 1.29 is 30.3 Å². The average Bonchev–Trinajstić information content (AvgIpc) is 2.38. The van der Waals surface area contributed by atoms with E-state index in [9.17, 15) is 20.1 Å². The van der Waals surface area contributed by atoms with Crippen LogP contribution in [-0.2, 0) is 4.79 Å². The Morgan fingerprint density at radius 1 is 1.05 bits per heavy atom. The molecule has 19 heavy (non-hydrogen) atoms. The van der Waals surface area contributed by atoms with Gasteiger partial charge < -0.3 is 25.5 Å². The van der Waals surface area contributed by atoms with Crippen LogP contribution in [0.15, 0.2) is 0 Å². The van der Waals surface area contributed by atoms with E-state index in [2.05, 4.69) is 0 Å². The van der Waals surface area contributed by atoms with Crippen LogP contribution in [0.1, 0.15) is 45.4 Å². The molecule has 6 nitrogen and oxygen atoms in total. The Balaban J connectivity index is 4.93. The highest BCUT2D eigenvalue weighted by atomic mass is 16.4. The molecule has 114 valence electrons. The smallest absolute Gasteiger partial charge is 0.309 e. The molecule has 2 unspecified atom stereocenters. The molecule has 0 rings (SSSR count). The topological polar surface area (TPSA) is 118 Å². The van der Waals surface area contributed by atoms with Crippen LogP contribution in [0.5, 0.6) is 0 Å². The zero-order valence-electron chi connectivity index (χ0n) is 11.5. The van der Waals surface area contributed by atoms with Crippen LogP contribution in [0.25, 0.3) is 0 Å². The van der Waals surface area contributed by atoms with Crippen molar-refractivity contribution in [3.8, 4) is 0 Å². The van der Waals surface area contributed by atoms with Gasteiger partial charge >= 0.3 is 5.97 Å². The third-order valence-corrected chi connectivity index (χ3v) is 3.39. The van der Waals surface area contributed by atoms with E-state index in [1.807, 2.05) is 6.92 Å². The molecule has 0 heterocycles. The van der Waals surface area contributed by atoms with E-state index in [0.29, 0.717) is 12.8 Å². The molecule has 0 fully saturated rings. The zero-order valence-corrected chi connectivity index (χ0v) is 11.5. The molecule has 0 saturated carbocycles. The molecule has 0 amide bonds. The quantitative estimate of drug-likeness (QED) is 0.343. The van der Waals surface area contributed by atoms with Gasteiger partial charge in [-0.05, 0) is 19.3 Å². The second-order valence-corrected chi connectivity index (χ2v) is 5.12. The van der Waals surface area contributed by atoms with Gasteiger partial charge in [-0.2, -0.15) is 0 Å². The number of unbranched alkanes of at least 4 members (excludes halogenated alkanes) is 2. The molecule has 0 aromatic rings. The van der Waals surface area contributed by atoms with Crippen molar-refractivity contribution in [2.45, 2.75) is 57.7 Å². The molecule has 0 aliphatic rings. The number of rotatable bonds is 11. The zero-order chi connectivity index (χ0) is 14.9. The lowest BCUT2D eigenvalue weighted by atomic mass is 9.73. The second-order valence-electron chi connectivity index (χ2n) is 5.12. The number of aliphatic hydroxyl groups excluding tert-OH is 4. The van der Waals surface area contributed by atoms with Crippen molar-refractivity contribution in [2.24, 2.45) is 5.41 Å². The standard InChI is InChI=1S/C13H26O6/c1-2-3-4-5-13(12(18)19,6-10(16)8-14)7-11(17)9-15/h10-11,14-17H,2-9H2,1H3,(H,18,19). The number of hydrogen-bond acceptors (Lipinski definition) is 5. The van der Waals surface area contributed by atoms with Crippen LogP contribution in [-0.4, -0.2) is 56.9 Å². The van der Waals surface area contributed by atoms with Crippen LogP contribution in [0.3, 0.4) is 0 Å². The summed E-state index contributed by atoms with van der Waals surface area (Å²) < 4.78 is 0. The molecule has 0 aliphatic carbocycles. The molecule has 0 saturated heterocycles. The summed E-state index contributed by atoms with van der Waals surface area (Å²) in [5, 5.41) is 46.3. The number of aliphatic carboxylic acids is 1. The Morgan fingerprint density at radius 2 is 1.53 bits per heavy atom. The number of hydrogen-bond donors (Lipinski definition) is 5. The molecule has 5 N–H and O–H groups in total. The van der Waals surface area contributed by atoms with Crippen molar-refractivity contribution in [1.82, 2.24) is 0 Å². The van der Waals surface area contributed by atoms with Gasteiger partial charge in [-0.15, -0.1) is 0 Å². The van der Waals surface area contributed by atoms with Gasteiger partial charge in [0.25, 0.3) is 0 Å². The first kappa shape index (κ1) is 18.3. The summed E-state index contributed by atoms with van der Waals surface area (Å²) in [5.74, 6) is -1.11. The minimum atomic E-state index is -1.31. The lowest BCUT2D eigenvalue weighted by molar-refractivity contribution is -0.155. The van der Waals surface area contributed by atoms with Crippen molar-refractivity contribution in [3.05, 3.63) is 0 Å². The van der Waals surface area contributed by atoms with Crippen LogP contribution in [0.2, 0.25) is 0 Å². The van der Waals surface area contributed by atoms with Crippen LogP contribution in [0, 0.1) is 5.41 Å². The summed E-state index contributed by atoms with van der Waals surface area (Å²) in [6.07, 6.45) is 0.246. The van der Waals surface area contributed by atoms with E-state index in [1.54, 1.807) is 0 Å². The van der Waals surface area contributed by atoms with E-state index >= 15 is 0 Å². The first-order valence-electron chi connectivity index (χ1n) is 6.73. The highest BCUT2D eigenvalue weighted by molar-refractivity contribution is 5.74. The fourth-order valence-corrected chi connectivity index (χ4v) is 2.31. The highest BCUT2D eigenvalue weighted by Gasteiger charge is 2.41. The average molecular weight is 278 g/mol. The molecule has 6 heteroatoms. The maximum atomic E-state index is 11.5. The summed E-state index contributed by atoms with van der Waals surface area (Å²) in [5.41, 5.74) is -1.31. The van der Waals surface area contributed by atoms with Gasteiger partial charge in [-0.1, -0.05) is 26.2 Å². The van der Waals surface area contributed by atoms with Gasteiger partial charge in [-0.3, -0.25) is 4.79 Å². The van der Waals surface area contributed by atoms with E-state index in [4.69, 9.17) is 10.2 Å². The number of carbonyl (C=O) groups is 1. The Bertz CT molecular complexity index is 244. The lowest BCUT2D eigenvalue weighted by Gasteiger charge is -2.32. The number of aliphatic hydroxyl groups is 4. The molecular formula is C13H26O6. The van der Waals surface area contributed by atoms with Crippen molar-refractivity contribution in [2.75, 3.05) is 13.2 Å². The van der Waals surface area contributed by atoms with Gasteiger partial charge in [0.2, 0.25) is 0 Å². The van der Waals surface area contributed by atoms with Gasteiger partial charge in [0.15, 0.2) is 0 Å². The Morgan fingerprint density at radius 3 is 1.84 bits per heavy atom. The van der Waals surface area contributed by atoms with Crippen LogP contribution < -0.4 is 0 Å². The number of carboxylic acid groups (broad SMARTS) is 1. The summed E-state index contributed by atoms with van der Waals surface area (Å²) in [7, 11) is 0. The minimum absolute atomic E-state index is 0.125. The molecule has 0 radical (unpaired) electrons. The second kappa shape index (κ2) is 9.25. The van der Waals surface area contributed by atoms with Crippen molar-refractivity contribution >= 4 is 5.97 Å².